The SMILES string of the molecule is CCCCN(CC(N)=O)C(=O)c1ccc(C(N)=NO)cc1. The van der Waals surface area contributed by atoms with Crippen molar-refractivity contribution in [3.63, 3.8) is 0 Å². The number of primary amides is 1. The fourth-order valence-corrected chi connectivity index (χ4v) is 1.81. The summed E-state index contributed by atoms with van der Waals surface area (Å²) in [6.45, 7) is 2.36. The van der Waals surface area contributed by atoms with Crippen molar-refractivity contribution in [2.75, 3.05) is 13.1 Å². The van der Waals surface area contributed by atoms with E-state index in [1.54, 1.807) is 24.3 Å². The van der Waals surface area contributed by atoms with Crippen molar-refractivity contribution < 1.29 is 14.8 Å². The van der Waals surface area contributed by atoms with E-state index in [2.05, 4.69) is 5.16 Å². The van der Waals surface area contributed by atoms with Crippen LogP contribution in [0.1, 0.15) is 35.7 Å². The molecule has 0 bridgehead atoms. The molecule has 0 fully saturated rings. The molecule has 0 aliphatic carbocycles. The van der Waals surface area contributed by atoms with Gasteiger partial charge >= 0.3 is 0 Å². The molecule has 0 spiro atoms. The summed E-state index contributed by atoms with van der Waals surface area (Å²) in [5.41, 5.74) is 11.5. The number of benzene rings is 1. The van der Waals surface area contributed by atoms with Gasteiger partial charge in [-0.1, -0.05) is 30.6 Å². The molecular weight excluding hydrogens is 272 g/mol. The van der Waals surface area contributed by atoms with Gasteiger partial charge in [-0.2, -0.15) is 0 Å². The molecule has 0 aliphatic heterocycles. The normalized spacial score (nSPS) is 11.2. The summed E-state index contributed by atoms with van der Waals surface area (Å²) in [7, 11) is 0. The highest BCUT2D eigenvalue weighted by Gasteiger charge is 2.17. The lowest BCUT2D eigenvalue weighted by Crippen LogP contribution is -2.39. The number of nitrogens with two attached hydrogens (primary N) is 2. The highest BCUT2D eigenvalue weighted by molar-refractivity contribution is 6.00. The quantitative estimate of drug-likeness (QED) is 0.293. The molecule has 0 saturated heterocycles. The molecule has 1 aromatic carbocycles. The number of unbranched alkanes of at least 4 members (excludes halogenated alkanes) is 1. The van der Waals surface area contributed by atoms with Crippen LogP contribution in [0, 0.1) is 0 Å². The summed E-state index contributed by atoms with van der Waals surface area (Å²) < 4.78 is 0. The Bertz CT molecular complexity index is 526. The molecule has 0 unspecified atom stereocenters. The van der Waals surface area contributed by atoms with Gasteiger partial charge in [0, 0.05) is 17.7 Å². The van der Waals surface area contributed by atoms with E-state index in [1.165, 1.54) is 4.90 Å². The molecule has 0 saturated carbocycles. The van der Waals surface area contributed by atoms with E-state index < -0.39 is 5.91 Å². The van der Waals surface area contributed by atoms with Gasteiger partial charge < -0.3 is 21.6 Å². The van der Waals surface area contributed by atoms with Crippen LogP contribution in [0.25, 0.3) is 0 Å². The zero-order chi connectivity index (χ0) is 15.8. The van der Waals surface area contributed by atoms with E-state index in [0.717, 1.165) is 12.8 Å². The van der Waals surface area contributed by atoms with Crippen molar-refractivity contribution in [3.8, 4) is 0 Å². The van der Waals surface area contributed by atoms with Crippen molar-refractivity contribution in [2.45, 2.75) is 19.8 Å². The number of amides is 2. The second-order valence-corrected chi connectivity index (χ2v) is 4.61. The van der Waals surface area contributed by atoms with Gasteiger partial charge in [0.15, 0.2) is 5.84 Å². The summed E-state index contributed by atoms with van der Waals surface area (Å²) in [6, 6.07) is 6.28. The van der Waals surface area contributed by atoms with Crippen LogP contribution in [0.15, 0.2) is 29.4 Å². The second-order valence-electron chi connectivity index (χ2n) is 4.61. The number of amidine groups is 1. The first kappa shape index (κ1) is 16.5. The van der Waals surface area contributed by atoms with Crippen LogP contribution in [0.4, 0.5) is 0 Å². The van der Waals surface area contributed by atoms with Crippen LogP contribution in [0.2, 0.25) is 0 Å². The van der Waals surface area contributed by atoms with Gasteiger partial charge in [-0.3, -0.25) is 9.59 Å². The first-order chi connectivity index (χ1) is 9.99. The third kappa shape index (κ3) is 4.79. The Kier molecular flexibility index (Phi) is 6.19. The molecule has 21 heavy (non-hydrogen) atoms. The molecule has 0 heterocycles. The van der Waals surface area contributed by atoms with Crippen LogP contribution in [0.3, 0.4) is 0 Å². The van der Waals surface area contributed by atoms with Crippen molar-refractivity contribution >= 4 is 17.6 Å². The lowest BCUT2D eigenvalue weighted by molar-refractivity contribution is -0.118. The average Bonchev–Trinajstić information content (AvgIpc) is 2.49. The summed E-state index contributed by atoms with van der Waals surface area (Å²) in [6.07, 6.45) is 1.70. The van der Waals surface area contributed by atoms with Gasteiger partial charge in [0.25, 0.3) is 5.91 Å². The molecular formula is C14H20N4O3. The van der Waals surface area contributed by atoms with Crippen molar-refractivity contribution in [3.05, 3.63) is 35.4 Å². The maximum absolute atomic E-state index is 12.3. The smallest absolute Gasteiger partial charge is 0.254 e. The Morgan fingerprint density at radius 1 is 1.19 bits per heavy atom. The van der Waals surface area contributed by atoms with Crippen molar-refractivity contribution in [1.29, 1.82) is 0 Å². The predicted molar refractivity (Wildman–Crippen MR) is 79.0 cm³/mol. The minimum atomic E-state index is -0.548. The highest BCUT2D eigenvalue weighted by Crippen LogP contribution is 2.09. The monoisotopic (exact) mass is 292 g/mol. The van der Waals surface area contributed by atoms with Crippen LogP contribution in [-0.4, -0.2) is 40.8 Å². The average molecular weight is 292 g/mol. The maximum Gasteiger partial charge on any atom is 0.254 e. The number of oxime groups is 1. The molecule has 114 valence electrons. The standard InChI is InChI=1S/C14H20N4O3/c1-2-3-8-18(9-12(15)19)14(20)11-6-4-10(5-7-11)13(16)17-21/h4-7,21H,2-3,8-9H2,1H3,(H2,15,19)(H2,16,17). The minimum Gasteiger partial charge on any atom is -0.409 e. The van der Waals surface area contributed by atoms with Gasteiger partial charge in [-0.05, 0) is 18.6 Å². The zero-order valence-corrected chi connectivity index (χ0v) is 12.0. The summed E-state index contributed by atoms with van der Waals surface area (Å²) in [4.78, 5) is 24.8. The number of hydrogen-bond acceptors (Lipinski definition) is 4. The predicted octanol–water partition coefficient (Wildman–Crippen LogP) is 0.509. The lowest BCUT2D eigenvalue weighted by atomic mass is 10.1. The molecule has 0 aliphatic rings. The first-order valence-electron chi connectivity index (χ1n) is 6.65. The molecule has 0 radical (unpaired) electrons. The van der Waals surface area contributed by atoms with Gasteiger partial charge in [-0.15, -0.1) is 0 Å². The molecule has 0 aromatic heterocycles. The maximum atomic E-state index is 12.3. The van der Waals surface area contributed by atoms with Gasteiger partial charge in [0.1, 0.15) is 0 Å². The van der Waals surface area contributed by atoms with Gasteiger partial charge in [0.2, 0.25) is 5.91 Å². The highest BCUT2D eigenvalue weighted by atomic mass is 16.4. The Hall–Kier alpha value is -2.57. The van der Waals surface area contributed by atoms with E-state index in [-0.39, 0.29) is 18.3 Å². The summed E-state index contributed by atoms with van der Waals surface area (Å²) in [5.74, 6) is -0.852. The van der Waals surface area contributed by atoms with E-state index in [9.17, 15) is 9.59 Å². The topological polar surface area (TPSA) is 122 Å². The largest absolute Gasteiger partial charge is 0.409 e. The molecule has 7 heteroatoms. The summed E-state index contributed by atoms with van der Waals surface area (Å²) >= 11 is 0. The van der Waals surface area contributed by atoms with Crippen LogP contribution >= 0.6 is 0 Å². The number of carbonyl (C=O) groups excluding carboxylic acids is 2. The molecule has 7 nitrogen and oxygen atoms in total. The summed E-state index contributed by atoms with van der Waals surface area (Å²) in [5, 5.41) is 11.5. The number of rotatable bonds is 7. The van der Waals surface area contributed by atoms with Crippen molar-refractivity contribution in [1.82, 2.24) is 4.90 Å². The fraction of sp³-hybridized carbons (Fsp3) is 0.357. The molecule has 1 rings (SSSR count). The Labute approximate surface area is 123 Å². The van der Waals surface area contributed by atoms with E-state index >= 15 is 0 Å². The Balaban J connectivity index is 2.89. The molecule has 2 amide bonds. The third-order valence-electron chi connectivity index (χ3n) is 2.95. The van der Waals surface area contributed by atoms with Crippen molar-refractivity contribution in [2.24, 2.45) is 16.6 Å². The Morgan fingerprint density at radius 3 is 2.24 bits per heavy atom. The number of hydrogen-bond donors (Lipinski definition) is 3. The molecule has 5 N–H and O–H groups in total. The van der Waals surface area contributed by atoms with Crippen LogP contribution in [0.5, 0.6) is 0 Å². The molecule has 1 aromatic rings. The van der Waals surface area contributed by atoms with E-state index in [0.29, 0.717) is 17.7 Å². The number of nitrogens with zero attached hydrogens (tertiary/aromatic N) is 2. The van der Waals surface area contributed by atoms with Gasteiger partial charge in [-0.25, -0.2) is 0 Å². The van der Waals surface area contributed by atoms with E-state index in [1.807, 2.05) is 6.92 Å². The first-order valence-corrected chi connectivity index (χ1v) is 6.65. The van der Waals surface area contributed by atoms with Crippen LogP contribution in [-0.2, 0) is 4.79 Å². The van der Waals surface area contributed by atoms with Gasteiger partial charge in [0.05, 0.1) is 6.54 Å². The lowest BCUT2D eigenvalue weighted by Gasteiger charge is -2.21. The van der Waals surface area contributed by atoms with Crippen LogP contribution < -0.4 is 11.5 Å². The zero-order valence-electron chi connectivity index (χ0n) is 12.0. The second kappa shape index (κ2) is 7.88. The minimum absolute atomic E-state index is 0.0334. The fourth-order valence-electron chi connectivity index (χ4n) is 1.81. The third-order valence-corrected chi connectivity index (χ3v) is 2.95. The molecule has 0 atom stereocenters. The van der Waals surface area contributed by atoms with E-state index in [4.69, 9.17) is 16.7 Å². The number of carbonyl (C=O) groups is 2. The Morgan fingerprint density at radius 2 is 1.76 bits per heavy atom.